The van der Waals surface area contributed by atoms with Crippen molar-refractivity contribution in [2.45, 2.75) is 19.3 Å². The Balaban J connectivity index is 0.00000169. The first-order valence-corrected chi connectivity index (χ1v) is 9.12. The lowest BCUT2D eigenvalue weighted by Crippen LogP contribution is -3.00. The molecule has 1 aromatic carbocycles. The van der Waals surface area contributed by atoms with E-state index in [4.69, 9.17) is 4.98 Å². The molecule has 0 aromatic heterocycles. The van der Waals surface area contributed by atoms with Crippen LogP contribution in [0.25, 0.3) is 20.8 Å². The van der Waals surface area contributed by atoms with Crippen LogP contribution in [0.1, 0.15) is 19.3 Å². The molecule has 2 aliphatic heterocycles. The highest BCUT2D eigenvalue weighted by molar-refractivity contribution is 7.21. The van der Waals surface area contributed by atoms with Gasteiger partial charge in [0.05, 0.1) is 20.8 Å². The smallest absolute Gasteiger partial charge is 0.201 e. The van der Waals surface area contributed by atoms with E-state index in [9.17, 15) is 0 Å². The second kappa shape index (κ2) is 7.35. The Morgan fingerprint density at radius 2 is 1.79 bits per heavy atom. The number of fused-ring (bicyclic) bond motifs is 2. The Bertz CT molecular complexity index is 893. The molecule has 3 nitrogen and oxygen atoms in total. The van der Waals surface area contributed by atoms with Crippen LogP contribution in [0, 0.1) is 0 Å². The van der Waals surface area contributed by atoms with Gasteiger partial charge in [-0.3, -0.25) is 0 Å². The number of anilines is 1. The van der Waals surface area contributed by atoms with E-state index < -0.39 is 0 Å². The van der Waals surface area contributed by atoms with E-state index in [0.717, 1.165) is 11.2 Å². The van der Waals surface area contributed by atoms with Crippen LogP contribution in [-0.4, -0.2) is 32.2 Å². The quantitative estimate of drug-likeness (QED) is 0.304. The molecular weight excluding hydrogens is 429 g/mol. The number of piperidine rings is 1. The number of benzene rings is 2. The van der Waals surface area contributed by atoms with E-state index >= 15 is 0 Å². The average Bonchev–Trinajstić information content (AvgIpc) is 2.59. The summed E-state index contributed by atoms with van der Waals surface area (Å²) in [4.78, 5) is 8.60. The third-order valence-corrected chi connectivity index (χ3v) is 5.68. The van der Waals surface area contributed by atoms with E-state index in [1.54, 1.807) is 0 Å². The van der Waals surface area contributed by atoms with Gasteiger partial charge in [-0.25, -0.2) is 9.56 Å². The highest BCUT2D eigenvalue weighted by atomic mass is 127. The fourth-order valence-corrected chi connectivity index (χ4v) is 4.26. The molecule has 0 atom stereocenters. The molecule has 0 amide bonds. The largest absolute Gasteiger partial charge is 1.00 e. The van der Waals surface area contributed by atoms with E-state index in [2.05, 4.69) is 60.0 Å². The molecule has 1 aromatic rings. The molecule has 0 radical (unpaired) electrons. The van der Waals surface area contributed by atoms with Gasteiger partial charge in [0.15, 0.2) is 0 Å². The molecule has 0 saturated carbocycles. The van der Waals surface area contributed by atoms with Crippen molar-refractivity contribution < 1.29 is 24.0 Å². The summed E-state index contributed by atoms with van der Waals surface area (Å²) in [6, 6.07) is 13.2. The zero-order valence-electron chi connectivity index (χ0n) is 14.1. The highest BCUT2D eigenvalue weighted by Crippen LogP contribution is 2.32. The SMILES string of the molecule is C[N+](C)=c1ccc2nc3ccc(N4CCCCC4)cc3sc-2c1.[I-]. The van der Waals surface area contributed by atoms with Crippen LogP contribution >= 0.6 is 11.3 Å². The Kier molecular flexibility index (Phi) is 5.39. The zero-order chi connectivity index (χ0) is 15.8. The lowest BCUT2D eigenvalue weighted by atomic mass is 10.1. The molecule has 24 heavy (non-hydrogen) atoms. The summed E-state index contributed by atoms with van der Waals surface area (Å²) in [5.74, 6) is 0. The minimum absolute atomic E-state index is 0. The van der Waals surface area contributed by atoms with Crippen molar-refractivity contribution in [2.24, 2.45) is 0 Å². The molecule has 0 bridgehead atoms. The molecule has 0 N–H and O–H groups in total. The van der Waals surface area contributed by atoms with Gasteiger partial charge in [0, 0.05) is 30.9 Å². The first-order valence-electron chi connectivity index (χ1n) is 8.31. The Morgan fingerprint density at radius 3 is 2.54 bits per heavy atom. The normalized spacial score (nSPS) is 14.7. The van der Waals surface area contributed by atoms with Crippen LogP contribution < -0.4 is 38.8 Å². The summed E-state index contributed by atoms with van der Waals surface area (Å²) < 4.78 is 3.41. The maximum atomic E-state index is 4.84. The Labute approximate surface area is 164 Å². The fraction of sp³-hybridized carbons (Fsp3) is 0.368. The van der Waals surface area contributed by atoms with Crippen LogP contribution in [0.2, 0.25) is 0 Å². The number of aromatic nitrogens is 1. The van der Waals surface area contributed by atoms with Crippen molar-refractivity contribution in [1.29, 1.82) is 0 Å². The maximum absolute atomic E-state index is 4.84. The number of hydrogen-bond acceptors (Lipinski definition) is 3. The van der Waals surface area contributed by atoms with Gasteiger partial charge in [-0.2, -0.15) is 0 Å². The summed E-state index contributed by atoms with van der Waals surface area (Å²) >= 11 is 1.85. The number of rotatable bonds is 1. The monoisotopic (exact) mass is 451 g/mol. The van der Waals surface area contributed by atoms with Gasteiger partial charge in [0.2, 0.25) is 5.36 Å². The van der Waals surface area contributed by atoms with E-state index in [0.29, 0.717) is 0 Å². The summed E-state index contributed by atoms with van der Waals surface area (Å²) in [5, 5.41) is 1.22. The van der Waals surface area contributed by atoms with Crippen molar-refractivity contribution in [1.82, 2.24) is 9.56 Å². The summed E-state index contributed by atoms with van der Waals surface area (Å²) in [6.45, 7) is 2.37. The standard InChI is InChI=1S/C19H22N3S.HI/c1-21(2)14-6-8-16-18(12-14)23-19-13-15(7-9-17(19)20-16)22-10-4-3-5-11-22;/h6-9,12-13H,3-5,10-11H2,1-2H3;1H/q+1;/p-1. The zero-order valence-corrected chi connectivity index (χ0v) is 17.1. The van der Waals surface area contributed by atoms with Crippen LogP contribution in [0.15, 0.2) is 36.4 Å². The van der Waals surface area contributed by atoms with E-state index in [1.165, 1.54) is 53.0 Å². The van der Waals surface area contributed by atoms with Crippen LogP contribution in [0.3, 0.4) is 0 Å². The third-order valence-electron chi connectivity index (χ3n) is 4.59. The van der Waals surface area contributed by atoms with Gasteiger partial charge in [-0.1, -0.05) is 0 Å². The highest BCUT2D eigenvalue weighted by Gasteiger charge is 2.13. The van der Waals surface area contributed by atoms with Crippen LogP contribution in [0.5, 0.6) is 0 Å². The fourth-order valence-electron chi connectivity index (χ4n) is 3.23. The molecule has 1 saturated heterocycles. The lowest BCUT2D eigenvalue weighted by molar-refractivity contribution is -0.00000461. The van der Waals surface area contributed by atoms with Gasteiger partial charge < -0.3 is 28.9 Å². The topological polar surface area (TPSA) is 19.1 Å². The van der Waals surface area contributed by atoms with E-state index in [-0.39, 0.29) is 24.0 Å². The molecule has 4 rings (SSSR count). The van der Waals surface area contributed by atoms with Gasteiger partial charge in [-0.15, -0.1) is 11.3 Å². The molecule has 0 unspecified atom stereocenters. The third kappa shape index (κ3) is 3.42. The van der Waals surface area contributed by atoms with Gasteiger partial charge >= 0.3 is 0 Å². The first-order chi connectivity index (χ1) is 11.2. The predicted octanol–water partition coefficient (Wildman–Crippen LogP) is 0.427. The van der Waals surface area contributed by atoms with Gasteiger partial charge in [0.25, 0.3) is 0 Å². The molecule has 1 aliphatic carbocycles. The second-order valence-electron chi connectivity index (χ2n) is 6.46. The van der Waals surface area contributed by atoms with Crippen molar-refractivity contribution in [3.63, 3.8) is 0 Å². The second-order valence-corrected chi connectivity index (χ2v) is 7.54. The minimum atomic E-state index is 0. The summed E-state index contributed by atoms with van der Waals surface area (Å²) in [6.07, 6.45) is 3.99. The number of halogens is 1. The molecule has 0 spiro atoms. The molecular formula is C19H22IN3S. The van der Waals surface area contributed by atoms with Crippen LogP contribution in [0.4, 0.5) is 5.69 Å². The molecule has 1 fully saturated rings. The molecule has 2 heterocycles. The first kappa shape index (κ1) is 17.6. The number of hydrogen-bond donors (Lipinski definition) is 0. The van der Waals surface area contributed by atoms with Crippen LogP contribution in [-0.2, 0) is 0 Å². The summed E-state index contributed by atoms with van der Waals surface area (Å²) in [7, 11) is 4.16. The Hall–Kier alpha value is -1.21. The minimum Gasteiger partial charge on any atom is -1.00 e. The Morgan fingerprint density at radius 1 is 1.00 bits per heavy atom. The molecule has 3 aliphatic rings. The van der Waals surface area contributed by atoms with Crippen molar-refractivity contribution in [3.05, 3.63) is 41.8 Å². The molecule has 5 heteroatoms. The van der Waals surface area contributed by atoms with Gasteiger partial charge in [-0.05, 0) is 43.5 Å². The van der Waals surface area contributed by atoms with Crippen molar-refractivity contribution >= 4 is 27.2 Å². The predicted molar refractivity (Wildman–Crippen MR) is 99.4 cm³/mol. The summed E-state index contributed by atoms with van der Waals surface area (Å²) in [5.41, 5.74) is 3.53. The number of nitrogens with zero attached hydrogens (tertiary/aromatic N) is 3. The lowest BCUT2D eigenvalue weighted by Gasteiger charge is -2.28. The average molecular weight is 451 g/mol. The van der Waals surface area contributed by atoms with Crippen molar-refractivity contribution in [3.8, 4) is 10.6 Å². The molecule has 126 valence electrons. The van der Waals surface area contributed by atoms with Gasteiger partial charge in [0.1, 0.15) is 14.1 Å². The van der Waals surface area contributed by atoms with E-state index in [1.807, 2.05) is 11.3 Å². The maximum Gasteiger partial charge on any atom is 0.201 e. The van der Waals surface area contributed by atoms with Crippen molar-refractivity contribution in [2.75, 3.05) is 32.1 Å².